The van der Waals surface area contributed by atoms with Gasteiger partial charge < -0.3 is 14.8 Å². The first-order valence-corrected chi connectivity index (χ1v) is 9.48. The number of nitrogens with one attached hydrogen (secondary N) is 1. The number of amides is 1. The molecule has 0 aliphatic carbocycles. The van der Waals surface area contributed by atoms with Gasteiger partial charge in [-0.2, -0.15) is 0 Å². The zero-order valence-electron chi connectivity index (χ0n) is 15.8. The van der Waals surface area contributed by atoms with Crippen molar-refractivity contribution in [1.82, 2.24) is 0 Å². The Hall–Kier alpha value is -2.67. The number of benzene rings is 1. The van der Waals surface area contributed by atoms with E-state index in [4.69, 9.17) is 9.47 Å². The normalized spacial score (nSPS) is 10.6. The first kappa shape index (κ1) is 20.6. The van der Waals surface area contributed by atoms with Crippen LogP contribution in [0.15, 0.2) is 30.3 Å². The molecule has 0 radical (unpaired) electrons. The molecule has 0 bridgehead atoms. The summed E-state index contributed by atoms with van der Waals surface area (Å²) in [5.41, 5.74) is 1.49. The summed E-state index contributed by atoms with van der Waals surface area (Å²) in [6, 6.07) is 8.71. The number of anilines is 1. The quantitative estimate of drug-likeness (QED) is 0.720. The Morgan fingerprint density at radius 1 is 1.07 bits per heavy atom. The van der Waals surface area contributed by atoms with Gasteiger partial charge in [0.05, 0.1) is 17.7 Å². The molecule has 0 aliphatic rings. The van der Waals surface area contributed by atoms with Gasteiger partial charge in [0.15, 0.2) is 6.61 Å². The van der Waals surface area contributed by atoms with E-state index in [0.717, 1.165) is 10.4 Å². The van der Waals surface area contributed by atoms with Crippen LogP contribution in [0.1, 0.15) is 57.8 Å². The maximum absolute atomic E-state index is 12.2. The second-order valence-corrected chi connectivity index (χ2v) is 7.29. The molecule has 0 saturated carbocycles. The molecule has 1 aromatic heterocycles. The molecule has 0 fully saturated rings. The van der Waals surface area contributed by atoms with Crippen LogP contribution in [0.5, 0.6) is 0 Å². The van der Waals surface area contributed by atoms with Crippen LogP contribution >= 0.6 is 11.3 Å². The number of aryl methyl sites for hydroxylation is 1. The third-order valence-corrected chi connectivity index (χ3v) is 5.12. The summed E-state index contributed by atoms with van der Waals surface area (Å²) in [4.78, 5) is 37.4. The number of rotatable bonds is 7. The highest BCUT2D eigenvalue weighted by Crippen LogP contribution is 2.33. The van der Waals surface area contributed by atoms with Gasteiger partial charge in [0.2, 0.25) is 0 Å². The standard InChI is InChI=1S/C20H23NO5S/c1-5-25-20(24)15-10-16(12(2)3)27-18(15)21-17(22)11-26-19(23)14-9-7-6-8-13(14)4/h6-10,12H,5,11H2,1-4H3,(H,21,22). The molecular weight excluding hydrogens is 366 g/mol. The molecule has 1 aromatic carbocycles. The zero-order chi connectivity index (χ0) is 20.0. The van der Waals surface area contributed by atoms with Gasteiger partial charge in [-0.15, -0.1) is 11.3 Å². The minimum Gasteiger partial charge on any atom is -0.462 e. The first-order chi connectivity index (χ1) is 12.8. The van der Waals surface area contributed by atoms with Crippen molar-refractivity contribution < 1.29 is 23.9 Å². The van der Waals surface area contributed by atoms with Crippen molar-refractivity contribution in [2.45, 2.75) is 33.6 Å². The molecule has 144 valence electrons. The van der Waals surface area contributed by atoms with Crippen molar-refractivity contribution in [2.75, 3.05) is 18.5 Å². The smallest absolute Gasteiger partial charge is 0.341 e. The number of ether oxygens (including phenoxy) is 2. The van der Waals surface area contributed by atoms with Gasteiger partial charge in [0, 0.05) is 4.88 Å². The fraction of sp³-hybridized carbons (Fsp3) is 0.350. The van der Waals surface area contributed by atoms with E-state index in [2.05, 4.69) is 5.32 Å². The fourth-order valence-corrected chi connectivity index (χ4v) is 3.39. The Morgan fingerprint density at radius 2 is 1.74 bits per heavy atom. The molecule has 1 heterocycles. The van der Waals surface area contributed by atoms with E-state index in [0.29, 0.717) is 16.1 Å². The van der Waals surface area contributed by atoms with Crippen molar-refractivity contribution in [3.8, 4) is 0 Å². The number of hydrogen-bond donors (Lipinski definition) is 1. The molecule has 0 unspecified atom stereocenters. The number of esters is 2. The predicted molar refractivity (Wildman–Crippen MR) is 104 cm³/mol. The lowest BCUT2D eigenvalue weighted by Crippen LogP contribution is -2.21. The van der Waals surface area contributed by atoms with Crippen molar-refractivity contribution in [1.29, 1.82) is 0 Å². The van der Waals surface area contributed by atoms with Crippen LogP contribution in [0, 0.1) is 6.92 Å². The summed E-state index contributed by atoms with van der Waals surface area (Å²) in [5, 5.41) is 3.05. The topological polar surface area (TPSA) is 81.7 Å². The van der Waals surface area contributed by atoms with Crippen LogP contribution in [-0.4, -0.2) is 31.1 Å². The van der Waals surface area contributed by atoms with E-state index in [1.165, 1.54) is 11.3 Å². The number of carbonyl (C=O) groups is 3. The molecule has 0 atom stereocenters. The molecule has 1 amide bonds. The predicted octanol–water partition coefficient (Wildman–Crippen LogP) is 4.15. The summed E-state index contributed by atoms with van der Waals surface area (Å²) >= 11 is 1.31. The van der Waals surface area contributed by atoms with Gasteiger partial charge in [0.25, 0.3) is 5.91 Å². The number of hydrogen-bond acceptors (Lipinski definition) is 6. The number of thiophene rings is 1. The Bertz CT molecular complexity index is 841. The highest BCUT2D eigenvalue weighted by atomic mass is 32.1. The number of carbonyl (C=O) groups excluding carboxylic acids is 3. The van der Waals surface area contributed by atoms with E-state index in [-0.39, 0.29) is 12.5 Å². The summed E-state index contributed by atoms with van der Waals surface area (Å²) in [6.07, 6.45) is 0. The molecule has 0 aliphatic heterocycles. The van der Waals surface area contributed by atoms with E-state index in [1.807, 2.05) is 19.9 Å². The van der Waals surface area contributed by atoms with E-state index >= 15 is 0 Å². The SMILES string of the molecule is CCOC(=O)c1cc(C(C)C)sc1NC(=O)COC(=O)c1ccccc1C. The van der Waals surface area contributed by atoms with Crippen LogP contribution in [0.4, 0.5) is 5.00 Å². The molecule has 2 aromatic rings. The average Bonchev–Trinajstić information content (AvgIpc) is 3.04. The maximum Gasteiger partial charge on any atom is 0.341 e. The molecule has 2 rings (SSSR count). The van der Waals surface area contributed by atoms with Gasteiger partial charge >= 0.3 is 11.9 Å². The second kappa shape index (κ2) is 9.32. The van der Waals surface area contributed by atoms with Gasteiger partial charge in [-0.05, 0) is 37.5 Å². The second-order valence-electron chi connectivity index (χ2n) is 6.21. The van der Waals surface area contributed by atoms with Crippen LogP contribution in [0.2, 0.25) is 0 Å². The zero-order valence-corrected chi connectivity index (χ0v) is 16.6. The minimum absolute atomic E-state index is 0.202. The molecule has 27 heavy (non-hydrogen) atoms. The van der Waals surface area contributed by atoms with Crippen LogP contribution in [-0.2, 0) is 14.3 Å². The van der Waals surface area contributed by atoms with Gasteiger partial charge in [0.1, 0.15) is 5.00 Å². The Kier molecular flexibility index (Phi) is 7.12. The lowest BCUT2D eigenvalue weighted by atomic mass is 10.1. The monoisotopic (exact) mass is 389 g/mol. The van der Waals surface area contributed by atoms with Gasteiger partial charge in [-0.1, -0.05) is 32.0 Å². The van der Waals surface area contributed by atoms with Crippen molar-refractivity contribution in [3.63, 3.8) is 0 Å². The van der Waals surface area contributed by atoms with E-state index < -0.39 is 24.5 Å². The maximum atomic E-state index is 12.2. The summed E-state index contributed by atoms with van der Waals surface area (Å²) in [5.74, 6) is -1.37. The molecule has 1 N–H and O–H groups in total. The molecule has 0 spiro atoms. The summed E-state index contributed by atoms with van der Waals surface area (Å²) < 4.78 is 10.1. The summed E-state index contributed by atoms with van der Waals surface area (Å²) in [6.45, 7) is 7.31. The molecule has 7 heteroatoms. The molecule has 0 saturated heterocycles. The third kappa shape index (κ3) is 5.40. The van der Waals surface area contributed by atoms with Gasteiger partial charge in [-0.3, -0.25) is 4.79 Å². The highest BCUT2D eigenvalue weighted by Gasteiger charge is 2.21. The summed E-state index contributed by atoms with van der Waals surface area (Å²) in [7, 11) is 0. The van der Waals surface area contributed by atoms with Crippen molar-refractivity contribution in [3.05, 3.63) is 51.9 Å². The largest absolute Gasteiger partial charge is 0.462 e. The Labute approximate surface area is 162 Å². The first-order valence-electron chi connectivity index (χ1n) is 8.66. The molecule has 6 nitrogen and oxygen atoms in total. The van der Waals surface area contributed by atoms with E-state index in [9.17, 15) is 14.4 Å². The lowest BCUT2D eigenvalue weighted by molar-refractivity contribution is -0.119. The average molecular weight is 389 g/mol. The Balaban J connectivity index is 2.05. The fourth-order valence-electron chi connectivity index (χ4n) is 2.32. The van der Waals surface area contributed by atoms with Crippen molar-refractivity contribution in [2.24, 2.45) is 0 Å². The van der Waals surface area contributed by atoms with Crippen LogP contribution < -0.4 is 5.32 Å². The van der Waals surface area contributed by atoms with E-state index in [1.54, 1.807) is 38.1 Å². The van der Waals surface area contributed by atoms with Crippen LogP contribution in [0.25, 0.3) is 0 Å². The highest BCUT2D eigenvalue weighted by molar-refractivity contribution is 7.16. The van der Waals surface area contributed by atoms with Crippen molar-refractivity contribution >= 4 is 34.2 Å². The Morgan fingerprint density at radius 3 is 2.37 bits per heavy atom. The molecular formula is C20H23NO5S. The lowest BCUT2D eigenvalue weighted by Gasteiger charge is -2.08. The minimum atomic E-state index is -0.567. The van der Waals surface area contributed by atoms with Crippen LogP contribution in [0.3, 0.4) is 0 Å². The third-order valence-electron chi connectivity index (χ3n) is 3.77. The van der Waals surface area contributed by atoms with Gasteiger partial charge in [-0.25, -0.2) is 9.59 Å².